The van der Waals surface area contributed by atoms with Gasteiger partial charge in [0.1, 0.15) is 5.75 Å². The van der Waals surface area contributed by atoms with Gasteiger partial charge < -0.3 is 15.8 Å². The molecule has 0 radical (unpaired) electrons. The lowest BCUT2D eigenvalue weighted by atomic mass is 10.2. The van der Waals surface area contributed by atoms with E-state index in [1.165, 1.54) is 0 Å². The number of ether oxygens (including phenoxy) is 1. The number of nitrogens with one attached hydrogen (secondary N) is 1. The highest BCUT2D eigenvalue weighted by Crippen LogP contribution is 2.26. The summed E-state index contributed by atoms with van der Waals surface area (Å²) in [5.74, 6) is 0.794. The van der Waals surface area contributed by atoms with Crippen LogP contribution in [0.2, 0.25) is 0 Å². The predicted molar refractivity (Wildman–Crippen MR) is 76.5 cm³/mol. The summed E-state index contributed by atoms with van der Waals surface area (Å²) in [6.45, 7) is 2.56. The van der Waals surface area contributed by atoms with E-state index < -0.39 is 0 Å². The van der Waals surface area contributed by atoms with Crippen LogP contribution in [0.15, 0.2) is 42.5 Å². The van der Waals surface area contributed by atoms with Crippen LogP contribution in [0, 0.1) is 11.3 Å². The van der Waals surface area contributed by atoms with E-state index in [4.69, 9.17) is 15.7 Å². The van der Waals surface area contributed by atoms with Gasteiger partial charge in [-0.05, 0) is 37.3 Å². The number of nitrogens with two attached hydrogens (primary N) is 1. The van der Waals surface area contributed by atoms with Crippen molar-refractivity contribution in [3.63, 3.8) is 0 Å². The maximum absolute atomic E-state index is 8.89. The Morgan fingerprint density at radius 3 is 2.84 bits per heavy atom. The van der Waals surface area contributed by atoms with E-state index in [2.05, 4.69) is 11.4 Å². The smallest absolute Gasteiger partial charge is 0.121 e. The molecule has 0 saturated heterocycles. The second kappa shape index (κ2) is 5.78. The Morgan fingerprint density at radius 2 is 2.11 bits per heavy atom. The molecule has 19 heavy (non-hydrogen) atoms. The van der Waals surface area contributed by atoms with E-state index in [0.29, 0.717) is 23.5 Å². The molecule has 2 aromatic carbocycles. The monoisotopic (exact) mass is 253 g/mol. The van der Waals surface area contributed by atoms with E-state index in [0.717, 1.165) is 11.4 Å². The van der Waals surface area contributed by atoms with E-state index in [1.54, 1.807) is 18.2 Å². The minimum Gasteiger partial charge on any atom is -0.494 e. The normalized spacial score (nSPS) is 9.68. The molecule has 0 aliphatic heterocycles. The van der Waals surface area contributed by atoms with Crippen molar-refractivity contribution in [1.82, 2.24) is 0 Å². The van der Waals surface area contributed by atoms with Gasteiger partial charge in [-0.2, -0.15) is 5.26 Å². The molecule has 3 N–H and O–H groups in total. The van der Waals surface area contributed by atoms with Gasteiger partial charge in [0.25, 0.3) is 0 Å². The van der Waals surface area contributed by atoms with Crippen LogP contribution in [-0.4, -0.2) is 6.61 Å². The first-order valence-corrected chi connectivity index (χ1v) is 6.02. The van der Waals surface area contributed by atoms with E-state index in [9.17, 15) is 0 Å². The van der Waals surface area contributed by atoms with Crippen LogP contribution in [0.1, 0.15) is 12.5 Å². The number of hydrogen-bond donors (Lipinski definition) is 2. The van der Waals surface area contributed by atoms with Crippen molar-refractivity contribution in [1.29, 1.82) is 5.26 Å². The summed E-state index contributed by atoms with van der Waals surface area (Å²) in [4.78, 5) is 0. The molecule has 0 heterocycles. The van der Waals surface area contributed by atoms with E-state index in [-0.39, 0.29) is 0 Å². The lowest BCUT2D eigenvalue weighted by Crippen LogP contribution is -1.98. The SMILES string of the molecule is CCOc1cccc(Nc2cc(C#N)ccc2N)c1. The van der Waals surface area contributed by atoms with Crippen LogP contribution in [0.25, 0.3) is 0 Å². The van der Waals surface area contributed by atoms with Crippen LogP contribution in [0.3, 0.4) is 0 Å². The highest BCUT2D eigenvalue weighted by Gasteiger charge is 2.02. The number of nitrogen functional groups attached to an aromatic ring is 1. The number of hydrogen-bond acceptors (Lipinski definition) is 4. The molecule has 0 fully saturated rings. The van der Waals surface area contributed by atoms with Crippen molar-refractivity contribution in [3.8, 4) is 11.8 Å². The fraction of sp³-hybridized carbons (Fsp3) is 0.133. The minimum atomic E-state index is 0.567. The zero-order valence-corrected chi connectivity index (χ0v) is 10.7. The summed E-state index contributed by atoms with van der Waals surface area (Å²) in [5.41, 5.74) is 8.63. The molecule has 0 aliphatic carbocycles. The molecular formula is C15H15N3O. The van der Waals surface area contributed by atoms with Gasteiger partial charge in [0, 0.05) is 11.8 Å². The van der Waals surface area contributed by atoms with Gasteiger partial charge in [-0.3, -0.25) is 0 Å². The molecule has 4 heteroatoms. The lowest BCUT2D eigenvalue weighted by molar-refractivity contribution is 0.340. The Labute approximate surface area is 112 Å². The maximum Gasteiger partial charge on any atom is 0.121 e. The molecule has 2 rings (SSSR count). The molecule has 0 atom stereocenters. The van der Waals surface area contributed by atoms with Crippen molar-refractivity contribution in [2.75, 3.05) is 17.7 Å². The summed E-state index contributed by atoms with van der Waals surface area (Å²) in [7, 11) is 0. The fourth-order valence-electron chi connectivity index (χ4n) is 1.72. The third kappa shape index (κ3) is 3.17. The molecule has 2 aromatic rings. The molecule has 4 nitrogen and oxygen atoms in total. The van der Waals surface area contributed by atoms with Crippen molar-refractivity contribution < 1.29 is 4.74 Å². The highest BCUT2D eigenvalue weighted by molar-refractivity contribution is 5.74. The van der Waals surface area contributed by atoms with Gasteiger partial charge in [0.2, 0.25) is 0 Å². The predicted octanol–water partition coefficient (Wildman–Crippen LogP) is 3.28. The lowest BCUT2D eigenvalue weighted by Gasteiger charge is -2.11. The van der Waals surface area contributed by atoms with Crippen LogP contribution < -0.4 is 15.8 Å². The Morgan fingerprint density at radius 1 is 1.26 bits per heavy atom. The topological polar surface area (TPSA) is 71.1 Å². The second-order valence-electron chi connectivity index (χ2n) is 4.00. The third-order valence-electron chi connectivity index (χ3n) is 2.61. The quantitative estimate of drug-likeness (QED) is 0.820. The molecule has 0 bridgehead atoms. The zero-order chi connectivity index (χ0) is 13.7. The van der Waals surface area contributed by atoms with Gasteiger partial charge in [-0.1, -0.05) is 6.07 Å². The molecule has 0 amide bonds. The Kier molecular flexibility index (Phi) is 3.89. The average molecular weight is 253 g/mol. The van der Waals surface area contributed by atoms with Crippen LogP contribution in [-0.2, 0) is 0 Å². The van der Waals surface area contributed by atoms with Crippen molar-refractivity contribution in [2.45, 2.75) is 6.92 Å². The first kappa shape index (κ1) is 12.8. The first-order valence-electron chi connectivity index (χ1n) is 6.02. The van der Waals surface area contributed by atoms with Gasteiger partial charge in [0.15, 0.2) is 0 Å². The standard InChI is InChI=1S/C15H15N3O/c1-2-19-13-5-3-4-12(9-13)18-15-8-11(10-16)6-7-14(15)17/h3-9,18H,2,17H2,1H3. The van der Waals surface area contributed by atoms with Gasteiger partial charge in [0.05, 0.1) is 29.6 Å². The minimum absolute atomic E-state index is 0.567. The molecule has 0 aliphatic rings. The zero-order valence-electron chi connectivity index (χ0n) is 10.7. The number of benzene rings is 2. The largest absolute Gasteiger partial charge is 0.494 e. The Hall–Kier alpha value is -2.67. The summed E-state index contributed by atoms with van der Waals surface area (Å²) in [5, 5.41) is 12.1. The van der Waals surface area contributed by atoms with Gasteiger partial charge >= 0.3 is 0 Å². The van der Waals surface area contributed by atoms with Crippen molar-refractivity contribution in [2.24, 2.45) is 0 Å². The summed E-state index contributed by atoms with van der Waals surface area (Å²) >= 11 is 0. The third-order valence-corrected chi connectivity index (χ3v) is 2.61. The van der Waals surface area contributed by atoms with Crippen LogP contribution in [0.5, 0.6) is 5.75 Å². The van der Waals surface area contributed by atoms with E-state index >= 15 is 0 Å². The molecule has 0 aromatic heterocycles. The highest BCUT2D eigenvalue weighted by atomic mass is 16.5. The van der Waals surface area contributed by atoms with Gasteiger partial charge in [-0.15, -0.1) is 0 Å². The number of nitriles is 1. The first-order chi connectivity index (χ1) is 9.22. The summed E-state index contributed by atoms with van der Waals surface area (Å²) in [6, 6.07) is 14.8. The van der Waals surface area contributed by atoms with Crippen LogP contribution in [0.4, 0.5) is 17.1 Å². The summed E-state index contributed by atoms with van der Waals surface area (Å²) < 4.78 is 5.44. The maximum atomic E-state index is 8.89. The molecule has 0 spiro atoms. The Balaban J connectivity index is 2.26. The molecular weight excluding hydrogens is 238 g/mol. The fourth-order valence-corrected chi connectivity index (χ4v) is 1.72. The van der Waals surface area contributed by atoms with Crippen LogP contribution >= 0.6 is 0 Å². The average Bonchev–Trinajstić information content (AvgIpc) is 2.42. The van der Waals surface area contributed by atoms with Gasteiger partial charge in [-0.25, -0.2) is 0 Å². The number of rotatable bonds is 4. The second-order valence-corrected chi connectivity index (χ2v) is 4.00. The van der Waals surface area contributed by atoms with Crippen molar-refractivity contribution in [3.05, 3.63) is 48.0 Å². The number of nitrogens with zero attached hydrogens (tertiary/aromatic N) is 1. The molecule has 96 valence electrons. The van der Waals surface area contributed by atoms with E-state index in [1.807, 2.05) is 31.2 Å². The number of anilines is 3. The molecule has 0 unspecified atom stereocenters. The Bertz CT molecular complexity index is 617. The summed E-state index contributed by atoms with van der Waals surface area (Å²) in [6.07, 6.45) is 0. The van der Waals surface area contributed by atoms with Crippen molar-refractivity contribution >= 4 is 17.1 Å². The molecule has 0 saturated carbocycles.